The van der Waals surface area contributed by atoms with Gasteiger partial charge in [0.15, 0.2) is 0 Å². The second kappa shape index (κ2) is 7.67. The molecule has 0 spiro atoms. The van der Waals surface area contributed by atoms with Crippen LogP contribution in [0, 0.1) is 27.7 Å². The first kappa shape index (κ1) is 22.7. The smallest absolute Gasteiger partial charge is 0.347 e. The van der Waals surface area contributed by atoms with Gasteiger partial charge >= 0.3 is 11.9 Å². The first-order valence-electron chi connectivity index (χ1n) is 8.08. The molecule has 156 valence electrons. The fourth-order valence-electron chi connectivity index (χ4n) is 2.76. The van der Waals surface area contributed by atoms with Crippen LogP contribution in [-0.4, -0.2) is 37.9 Å². The summed E-state index contributed by atoms with van der Waals surface area (Å²) in [6.45, 7) is 5.82. The molecule has 0 aliphatic carbocycles. The van der Waals surface area contributed by atoms with Gasteiger partial charge in [-0.3, -0.25) is 9.11 Å². The molecule has 0 radical (unpaired) electrons. The highest BCUT2D eigenvalue weighted by Crippen LogP contribution is 2.27. The molecule has 0 amide bonds. The van der Waals surface area contributed by atoms with E-state index in [4.69, 9.17) is 0 Å². The quantitative estimate of drug-likeness (QED) is 0.413. The number of aryl methyl sites for hydroxylation is 2. The van der Waals surface area contributed by atoms with Gasteiger partial charge in [-0.15, -0.1) is 0 Å². The van der Waals surface area contributed by atoms with Gasteiger partial charge in [0.1, 0.15) is 9.79 Å². The molecule has 0 heterocycles. The second-order valence-electron chi connectivity index (χ2n) is 6.40. The van der Waals surface area contributed by atoms with Crippen molar-refractivity contribution in [3.63, 3.8) is 0 Å². The number of rotatable bonds is 4. The Kier molecular flexibility index (Phi) is 6.00. The minimum absolute atomic E-state index is 0.0826. The van der Waals surface area contributed by atoms with Gasteiger partial charge in [-0.05, 0) is 62.1 Å². The lowest BCUT2D eigenvalue weighted by molar-refractivity contribution is 0.0391. The van der Waals surface area contributed by atoms with Crippen molar-refractivity contribution in [3.8, 4) is 0 Å². The molecule has 11 heteroatoms. The van der Waals surface area contributed by atoms with Gasteiger partial charge in [-0.1, -0.05) is 12.1 Å². The van der Waals surface area contributed by atoms with Gasteiger partial charge in [-0.2, -0.15) is 16.8 Å². The summed E-state index contributed by atoms with van der Waals surface area (Å²) in [4.78, 5) is 23.4. The molecule has 0 aliphatic heterocycles. The van der Waals surface area contributed by atoms with Gasteiger partial charge in [0.2, 0.25) is 0 Å². The maximum Gasteiger partial charge on any atom is 0.347 e. The van der Waals surface area contributed by atoms with Gasteiger partial charge in [-0.25, -0.2) is 9.59 Å². The number of ether oxygens (including phenoxy) is 1. The minimum Gasteiger partial charge on any atom is -0.386 e. The molecule has 9 nitrogen and oxygen atoms in total. The third-order valence-corrected chi connectivity index (χ3v) is 6.58. The predicted molar refractivity (Wildman–Crippen MR) is 101 cm³/mol. The van der Waals surface area contributed by atoms with Crippen molar-refractivity contribution >= 4 is 32.2 Å². The first-order chi connectivity index (χ1) is 13.2. The summed E-state index contributed by atoms with van der Waals surface area (Å²) in [5.74, 6) is -2.82. The van der Waals surface area contributed by atoms with Crippen molar-refractivity contribution in [1.82, 2.24) is 0 Å². The van der Waals surface area contributed by atoms with E-state index in [0.29, 0.717) is 11.1 Å². The van der Waals surface area contributed by atoms with Gasteiger partial charge in [0.05, 0.1) is 11.1 Å². The molecule has 2 aromatic carbocycles. The minimum atomic E-state index is -4.82. The highest BCUT2D eigenvalue weighted by atomic mass is 32.2. The maximum atomic E-state index is 12.4. The molecule has 0 saturated heterocycles. The highest BCUT2D eigenvalue weighted by Gasteiger charge is 2.30. The Bertz CT molecular complexity index is 1140. The normalized spacial score (nSPS) is 11.9. The molecule has 2 aromatic rings. The summed E-state index contributed by atoms with van der Waals surface area (Å²) in [6.07, 6.45) is 0. The average Bonchev–Trinajstić information content (AvgIpc) is 2.56. The molecule has 0 atom stereocenters. The third-order valence-electron chi connectivity index (χ3n) is 4.49. The summed E-state index contributed by atoms with van der Waals surface area (Å²) in [5.41, 5.74) is -0.104. The highest BCUT2D eigenvalue weighted by molar-refractivity contribution is 7.86. The third kappa shape index (κ3) is 4.53. The molecule has 0 aliphatic rings. The van der Waals surface area contributed by atoms with E-state index in [-0.39, 0.29) is 11.1 Å². The van der Waals surface area contributed by atoms with Gasteiger partial charge in [0, 0.05) is 0 Å². The predicted octanol–water partition coefficient (Wildman–Crippen LogP) is 2.41. The van der Waals surface area contributed by atoms with Crippen molar-refractivity contribution < 1.29 is 40.3 Å². The summed E-state index contributed by atoms with van der Waals surface area (Å²) in [7, 11) is -9.65. The summed E-state index contributed by atoms with van der Waals surface area (Å²) in [6, 6.07) is 4.91. The van der Waals surface area contributed by atoms with Crippen LogP contribution in [0.4, 0.5) is 0 Å². The Balaban J connectivity index is 2.57. The Hall–Kier alpha value is -2.60. The van der Waals surface area contributed by atoms with Gasteiger partial charge < -0.3 is 4.74 Å². The fourth-order valence-corrected chi connectivity index (χ4v) is 4.72. The SMILES string of the molecule is Cc1ccc(C(=O)OC(=O)c2ccc(C)c(C)c2S(=O)(=O)O)c(S(=O)(=O)O)c1C. The van der Waals surface area contributed by atoms with E-state index in [0.717, 1.165) is 12.1 Å². The molecular formula is C18H18O9S2. The van der Waals surface area contributed by atoms with Crippen LogP contribution < -0.4 is 0 Å². The van der Waals surface area contributed by atoms with E-state index in [1.54, 1.807) is 13.8 Å². The first-order valence-corrected chi connectivity index (χ1v) is 11.0. The summed E-state index contributed by atoms with van der Waals surface area (Å²) < 4.78 is 70.4. The van der Waals surface area contributed by atoms with Crippen LogP contribution in [0.1, 0.15) is 43.0 Å². The summed E-state index contributed by atoms with van der Waals surface area (Å²) >= 11 is 0. The van der Waals surface area contributed by atoms with E-state index in [1.165, 1.54) is 26.0 Å². The number of esters is 2. The second-order valence-corrected chi connectivity index (χ2v) is 9.11. The Morgan fingerprint density at radius 2 is 1.00 bits per heavy atom. The lowest BCUT2D eigenvalue weighted by Crippen LogP contribution is -2.19. The van der Waals surface area contributed by atoms with E-state index < -0.39 is 53.1 Å². The molecule has 2 N–H and O–H groups in total. The number of benzene rings is 2. The van der Waals surface area contributed by atoms with Crippen LogP contribution in [0.5, 0.6) is 0 Å². The zero-order valence-corrected chi connectivity index (χ0v) is 17.5. The largest absolute Gasteiger partial charge is 0.386 e. The van der Waals surface area contributed by atoms with Crippen LogP contribution in [0.25, 0.3) is 0 Å². The van der Waals surface area contributed by atoms with Crippen molar-refractivity contribution in [2.75, 3.05) is 0 Å². The van der Waals surface area contributed by atoms with E-state index in [1.807, 2.05) is 0 Å². The Morgan fingerprint density at radius 1 is 0.690 bits per heavy atom. The molecule has 0 bridgehead atoms. The maximum absolute atomic E-state index is 12.4. The lowest BCUT2D eigenvalue weighted by Gasteiger charge is -2.13. The van der Waals surface area contributed by atoms with Crippen molar-refractivity contribution in [1.29, 1.82) is 0 Å². The average molecular weight is 442 g/mol. The van der Waals surface area contributed by atoms with Crippen molar-refractivity contribution in [3.05, 3.63) is 57.6 Å². The Morgan fingerprint density at radius 3 is 1.28 bits per heavy atom. The van der Waals surface area contributed by atoms with Crippen LogP contribution in [-0.2, 0) is 25.0 Å². The van der Waals surface area contributed by atoms with Crippen LogP contribution >= 0.6 is 0 Å². The van der Waals surface area contributed by atoms with Crippen LogP contribution in [0.3, 0.4) is 0 Å². The number of carbonyl (C=O) groups is 2. The molecule has 0 aromatic heterocycles. The van der Waals surface area contributed by atoms with Crippen LogP contribution in [0.15, 0.2) is 34.1 Å². The van der Waals surface area contributed by atoms with Gasteiger partial charge in [0.25, 0.3) is 20.2 Å². The van der Waals surface area contributed by atoms with E-state index in [9.17, 15) is 35.5 Å². The fraction of sp³-hybridized carbons (Fsp3) is 0.222. The van der Waals surface area contributed by atoms with E-state index in [2.05, 4.69) is 4.74 Å². The van der Waals surface area contributed by atoms with E-state index >= 15 is 0 Å². The van der Waals surface area contributed by atoms with Crippen LogP contribution in [0.2, 0.25) is 0 Å². The zero-order valence-electron chi connectivity index (χ0n) is 15.9. The molecule has 0 fully saturated rings. The number of hydrogen-bond acceptors (Lipinski definition) is 7. The zero-order chi connectivity index (χ0) is 22.3. The molecule has 29 heavy (non-hydrogen) atoms. The number of hydrogen-bond donors (Lipinski definition) is 2. The topological polar surface area (TPSA) is 152 Å². The monoisotopic (exact) mass is 442 g/mol. The molecule has 2 rings (SSSR count). The van der Waals surface area contributed by atoms with Crippen molar-refractivity contribution in [2.24, 2.45) is 0 Å². The standard InChI is InChI=1S/C18H18O9S2/c1-9-5-7-13(15(11(9)3)28(21,22)23)17(19)27-18(20)14-8-6-10(2)12(4)16(14)29(24,25)26/h5-8H,1-4H3,(H,21,22,23)(H,24,25,26). The molecular weight excluding hydrogens is 424 g/mol. The summed E-state index contributed by atoms with van der Waals surface area (Å²) in [5, 5.41) is 0. The molecule has 0 saturated carbocycles. The molecule has 0 unspecified atom stereocenters. The Labute approximate surface area is 167 Å². The number of carbonyl (C=O) groups excluding carboxylic acids is 2. The van der Waals surface area contributed by atoms with Crippen molar-refractivity contribution in [2.45, 2.75) is 37.5 Å². The lowest BCUT2D eigenvalue weighted by atomic mass is 10.1.